The van der Waals surface area contributed by atoms with Crippen molar-refractivity contribution in [2.75, 3.05) is 25.0 Å². The van der Waals surface area contributed by atoms with Gasteiger partial charge in [-0.15, -0.1) is 0 Å². The van der Waals surface area contributed by atoms with Crippen LogP contribution in [0.4, 0.5) is 11.6 Å². The molecule has 0 aliphatic carbocycles. The monoisotopic (exact) mass is 411 g/mol. The molecular weight excluding hydrogens is 390 g/mol. The maximum absolute atomic E-state index is 13.3. The number of para-hydroxylation sites is 1. The van der Waals surface area contributed by atoms with E-state index in [1.165, 1.54) is 0 Å². The Bertz CT molecular complexity index is 1210. The molecule has 7 nitrogen and oxygen atoms in total. The Morgan fingerprint density at radius 3 is 2.68 bits per heavy atom. The fourth-order valence-electron chi connectivity index (χ4n) is 3.73. The Labute approximate surface area is 179 Å². The third-order valence-corrected chi connectivity index (χ3v) is 5.24. The number of nitrogens with zero attached hydrogens (tertiary/aromatic N) is 4. The number of aromatic nitrogens is 3. The van der Waals surface area contributed by atoms with Crippen LogP contribution in [-0.4, -0.2) is 45.5 Å². The summed E-state index contributed by atoms with van der Waals surface area (Å²) in [6, 6.07) is 20.9. The van der Waals surface area contributed by atoms with Gasteiger partial charge in [-0.05, 0) is 36.4 Å². The summed E-state index contributed by atoms with van der Waals surface area (Å²) in [6.45, 7) is 1.42. The van der Waals surface area contributed by atoms with Crippen molar-refractivity contribution in [2.45, 2.75) is 6.10 Å². The highest BCUT2D eigenvalue weighted by molar-refractivity contribution is 6.05. The number of amides is 1. The Balaban J connectivity index is 1.36. The highest BCUT2D eigenvalue weighted by atomic mass is 16.5. The summed E-state index contributed by atoms with van der Waals surface area (Å²) in [4.78, 5) is 28.5. The summed E-state index contributed by atoms with van der Waals surface area (Å²) < 4.78 is 5.96. The molecule has 1 aromatic carbocycles. The molecule has 1 atom stereocenters. The van der Waals surface area contributed by atoms with Gasteiger partial charge in [0.1, 0.15) is 17.7 Å². The molecule has 5 rings (SSSR count). The number of fused-ring (bicyclic) bond motifs is 1. The number of anilines is 2. The van der Waals surface area contributed by atoms with Gasteiger partial charge in [0.05, 0.1) is 29.9 Å². The van der Waals surface area contributed by atoms with E-state index in [4.69, 9.17) is 4.74 Å². The first-order valence-corrected chi connectivity index (χ1v) is 10.2. The van der Waals surface area contributed by atoms with Gasteiger partial charge in [-0.25, -0.2) is 9.97 Å². The number of pyridine rings is 3. The van der Waals surface area contributed by atoms with Crippen LogP contribution in [0, 0.1) is 0 Å². The minimum absolute atomic E-state index is 0.0413. The van der Waals surface area contributed by atoms with Gasteiger partial charge in [0, 0.05) is 24.3 Å². The van der Waals surface area contributed by atoms with Gasteiger partial charge in [0.2, 0.25) is 0 Å². The number of ether oxygens (including phenoxy) is 1. The van der Waals surface area contributed by atoms with Crippen molar-refractivity contribution in [3.05, 3.63) is 90.4 Å². The number of morpholine rings is 1. The number of carbonyl (C=O) groups excluding carboxylic acids is 1. The highest BCUT2D eigenvalue weighted by Gasteiger charge is 2.28. The smallest absolute Gasteiger partial charge is 0.256 e. The van der Waals surface area contributed by atoms with Crippen molar-refractivity contribution in [1.29, 1.82) is 0 Å². The zero-order chi connectivity index (χ0) is 21.0. The molecule has 7 heteroatoms. The van der Waals surface area contributed by atoms with Gasteiger partial charge >= 0.3 is 0 Å². The number of hydrogen-bond donors (Lipinski definition) is 1. The molecule has 1 aliphatic heterocycles. The van der Waals surface area contributed by atoms with Crippen molar-refractivity contribution in [3.8, 4) is 0 Å². The SMILES string of the molecule is O=C(c1cccc2cccnc12)N1CCO[C@H](c2cccc(Nc3ccccn3)n2)C1. The molecule has 3 aromatic heterocycles. The zero-order valence-electron chi connectivity index (χ0n) is 16.8. The largest absolute Gasteiger partial charge is 0.368 e. The van der Waals surface area contributed by atoms with Crippen LogP contribution in [0.2, 0.25) is 0 Å². The van der Waals surface area contributed by atoms with Gasteiger partial charge in [0.15, 0.2) is 0 Å². The number of benzene rings is 1. The van der Waals surface area contributed by atoms with Crippen LogP contribution in [0.3, 0.4) is 0 Å². The molecule has 31 heavy (non-hydrogen) atoms. The fourth-order valence-corrected chi connectivity index (χ4v) is 3.73. The van der Waals surface area contributed by atoms with E-state index in [2.05, 4.69) is 20.3 Å². The maximum atomic E-state index is 13.3. The average Bonchev–Trinajstić information content (AvgIpc) is 2.84. The second-order valence-corrected chi connectivity index (χ2v) is 7.28. The van der Waals surface area contributed by atoms with E-state index in [9.17, 15) is 4.79 Å². The fraction of sp³-hybridized carbons (Fsp3) is 0.167. The Kier molecular flexibility index (Phi) is 5.24. The Hall–Kier alpha value is -3.84. The molecular formula is C24H21N5O2. The molecule has 1 aliphatic rings. The van der Waals surface area contributed by atoms with Crippen molar-refractivity contribution >= 4 is 28.4 Å². The number of carbonyl (C=O) groups is 1. The van der Waals surface area contributed by atoms with Crippen LogP contribution in [0.1, 0.15) is 22.2 Å². The summed E-state index contributed by atoms with van der Waals surface area (Å²) in [5.74, 6) is 1.36. The first-order chi connectivity index (χ1) is 15.3. The van der Waals surface area contributed by atoms with Crippen molar-refractivity contribution < 1.29 is 9.53 Å². The summed E-state index contributed by atoms with van der Waals surface area (Å²) >= 11 is 0. The van der Waals surface area contributed by atoms with E-state index < -0.39 is 0 Å². The summed E-state index contributed by atoms with van der Waals surface area (Å²) in [5.41, 5.74) is 2.10. The van der Waals surface area contributed by atoms with Crippen molar-refractivity contribution in [3.63, 3.8) is 0 Å². The predicted molar refractivity (Wildman–Crippen MR) is 118 cm³/mol. The van der Waals surface area contributed by atoms with E-state index in [1.54, 1.807) is 12.4 Å². The van der Waals surface area contributed by atoms with Crippen LogP contribution in [0.5, 0.6) is 0 Å². The molecule has 0 spiro atoms. The summed E-state index contributed by atoms with van der Waals surface area (Å²) in [5, 5.41) is 4.15. The summed E-state index contributed by atoms with van der Waals surface area (Å²) in [7, 11) is 0. The molecule has 0 saturated carbocycles. The molecule has 0 bridgehead atoms. The number of hydrogen-bond acceptors (Lipinski definition) is 6. The third kappa shape index (κ3) is 4.08. The average molecular weight is 411 g/mol. The molecule has 4 heterocycles. The highest BCUT2D eigenvalue weighted by Crippen LogP contribution is 2.25. The molecule has 154 valence electrons. The first kappa shape index (κ1) is 19.1. The Morgan fingerprint density at radius 2 is 1.77 bits per heavy atom. The third-order valence-electron chi connectivity index (χ3n) is 5.24. The standard InChI is InChI=1S/C24H21N5O2/c30-24(18-8-3-6-17-7-5-13-26-23(17)18)29-14-15-31-20(16-29)19-9-4-11-22(27-19)28-21-10-1-2-12-25-21/h1-13,20H,14-16H2,(H,25,27,28)/t20-/m0/s1. The number of nitrogens with one attached hydrogen (secondary N) is 1. The second-order valence-electron chi connectivity index (χ2n) is 7.28. The zero-order valence-corrected chi connectivity index (χ0v) is 16.8. The van der Waals surface area contributed by atoms with Crippen LogP contribution in [0.15, 0.2) is 79.1 Å². The van der Waals surface area contributed by atoms with Gasteiger partial charge < -0.3 is 15.0 Å². The second kappa shape index (κ2) is 8.49. The van der Waals surface area contributed by atoms with Gasteiger partial charge in [-0.2, -0.15) is 0 Å². The number of rotatable bonds is 4. The van der Waals surface area contributed by atoms with E-state index in [0.29, 0.717) is 31.1 Å². The maximum Gasteiger partial charge on any atom is 0.256 e. The topological polar surface area (TPSA) is 80.2 Å². The van der Waals surface area contributed by atoms with Gasteiger partial charge in [-0.3, -0.25) is 9.78 Å². The van der Waals surface area contributed by atoms with E-state index in [0.717, 1.165) is 22.4 Å². The van der Waals surface area contributed by atoms with Gasteiger partial charge in [-0.1, -0.05) is 30.3 Å². The molecule has 0 unspecified atom stereocenters. The minimum Gasteiger partial charge on any atom is -0.368 e. The Morgan fingerprint density at radius 1 is 0.935 bits per heavy atom. The lowest BCUT2D eigenvalue weighted by Crippen LogP contribution is -2.42. The van der Waals surface area contributed by atoms with Crippen molar-refractivity contribution in [1.82, 2.24) is 19.9 Å². The molecule has 1 amide bonds. The predicted octanol–water partition coefficient (Wildman–Crippen LogP) is 3.98. The normalized spacial score (nSPS) is 16.3. The molecule has 1 fully saturated rings. The van der Waals surface area contributed by atoms with Crippen LogP contribution in [-0.2, 0) is 4.74 Å². The first-order valence-electron chi connectivity index (χ1n) is 10.2. The lowest BCUT2D eigenvalue weighted by Gasteiger charge is -2.33. The van der Waals surface area contributed by atoms with E-state index in [-0.39, 0.29) is 12.0 Å². The van der Waals surface area contributed by atoms with E-state index >= 15 is 0 Å². The van der Waals surface area contributed by atoms with Crippen LogP contribution < -0.4 is 5.32 Å². The molecule has 0 radical (unpaired) electrons. The van der Waals surface area contributed by atoms with E-state index in [1.807, 2.05) is 71.6 Å². The van der Waals surface area contributed by atoms with Crippen LogP contribution in [0.25, 0.3) is 10.9 Å². The molecule has 1 saturated heterocycles. The van der Waals surface area contributed by atoms with Gasteiger partial charge in [0.25, 0.3) is 5.91 Å². The quantitative estimate of drug-likeness (QED) is 0.547. The lowest BCUT2D eigenvalue weighted by atomic mass is 10.1. The molecule has 4 aromatic rings. The lowest BCUT2D eigenvalue weighted by molar-refractivity contribution is -0.0246. The summed E-state index contributed by atoms with van der Waals surface area (Å²) in [6.07, 6.45) is 3.14. The minimum atomic E-state index is -0.300. The van der Waals surface area contributed by atoms with Crippen LogP contribution >= 0.6 is 0 Å². The van der Waals surface area contributed by atoms with Crippen molar-refractivity contribution in [2.24, 2.45) is 0 Å². The molecule has 1 N–H and O–H groups in total.